The molecule has 1 fully saturated rings. The average molecular weight is 343 g/mol. The van der Waals surface area contributed by atoms with Gasteiger partial charge in [0.25, 0.3) is 0 Å². The summed E-state index contributed by atoms with van der Waals surface area (Å²) in [6.07, 6.45) is 2.13. The molecule has 3 heterocycles. The predicted molar refractivity (Wildman–Crippen MR) is 100 cm³/mol. The van der Waals surface area contributed by atoms with Gasteiger partial charge in [-0.1, -0.05) is 5.92 Å². The van der Waals surface area contributed by atoms with Crippen molar-refractivity contribution in [2.24, 2.45) is 4.99 Å². The van der Waals surface area contributed by atoms with Crippen molar-refractivity contribution in [1.29, 1.82) is 0 Å². The maximum absolute atomic E-state index is 4.93. The van der Waals surface area contributed by atoms with E-state index in [1.54, 1.807) is 0 Å². The Morgan fingerprint density at radius 1 is 1.36 bits per heavy atom. The summed E-state index contributed by atoms with van der Waals surface area (Å²) >= 11 is 0. The Balaban J connectivity index is 2.07. The third kappa shape index (κ3) is 3.51. The minimum absolute atomic E-state index is 0.0241. The first-order valence-electron chi connectivity index (χ1n) is 8.98. The van der Waals surface area contributed by atoms with Crippen molar-refractivity contribution in [3.63, 3.8) is 0 Å². The van der Waals surface area contributed by atoms with E-state index in [1.165, 1.54) is 0 Å². The lowest BCUT2D eigenvalue weighted by Crippen LogP contribution is -2.51. The minimum atomic E-state index is -0.0241. The van der Waals surface area contributed by atoms with E-state index in [0.717, 1.165) is 43.0 Å². The predicted octanol–water partition coefficient (Wildman–Crippen LogP) is -0.757. The lowest BCUT2D eigenvalue weighted by Gasteiger charge is -2.35. The maximum Gasteiger partial charge on any atom is 0.209 e. The Kier molecular flexibility index (Phi) is 5.30. The monoisotopic (exact) mass is 343 g/mol. The summed E-state index contributed by atoms with van der Waals surface area (Å²) in [6.45, 7) is 10.8. The van der Waals surface area contributed by atoms with Crippen LogP contribution >= 0.6 is 0 Å². The van der Waals surface area contributed by atoms with Crippen molar-refractivity contribution >= 4 is 12.1 Å². The fourth-order valence-electron chi connectivity index (χ4n) is 3.19. The van der Waals surface area contributed by atoms with E-state index in [9.17, 15) is 0 Å². The second-order valence-corrected chi connectivity index (χ2v) is 6.90. The van der Waals surface area contributed by atoms with Gasteiger partial charge in [0.15, 0.2) is 11.8 Å². The van der Waals surface area contributed by atoms with Gasteiger partial charge in [0.1, 0.15) is 5.35 Å². The number of anilines is 1. The Hall–Kier alpha value is -2.04. The van der Waals surface area contributed by atoms with E-state index < -0.39 is 0 Å². The van der Waals surface area contributed by atoms with E-state index >= 15 is 0 Å². The summed E-state index contributed by atoms with van der Waals surface area (Å²) in [6, 6.07) is 0.409. The number of hydrogen-bond donors (Lipinski definition) is 1. The normalized spacial score (nSPS) is 20.0. The molecule has 0 radical (unpaired) electrons. The summed E-state index contributed by atoms with van der Waals surface area (Å²) in [4.78, 5) is 16.6. The van der Waals surface area contributed by atoms with Gasteiger partial charge in [-0.2, -0.15) is 4.98 Å². The smallest absolute Gasteiger partial charge is 0.209 e. The van der Waals surface area contributed by atoms with Crippen molar-refractivity contribution in [3.05, 3.63) is 10.8 Å². The van der Waals surface area contributed by atoms with Gasteiger partial charge in [0, 0.05) is 45.5 Å². The summed E-state index contributed by atoms with van der Waals surface area (Å²) in [7, 11) is 4.17. The highest BCUT2D eigenvalue weighted by molar-refractivity contribution is 5.36. The van der Waals surface area contributed by atoms with Crippen LogP contribution in [0.1, 0.15) is 20.8 Å². The van der Waals surface area contributed by atoms with Gasteiger partial charge >= 0.3 is 0 Å². The highest BCUT2D eigenvalue weighted by atomic mass is 15.4. The van der Waals surface area contributed by atoms with E-state index in [0.29, 0.717) is 12.6 Å². The molecule has 0 saturated carbocycles. The summed E-state index contributed by atoms with van der Waals surface area (Å²) in [5, 5.41) is 4.45. The van der Waals surface area contributed by atoms with Crippen LogP contribution in [0.2, 0.25) is 0 Å². The molecule has 1 N–H and O–H groups in total. The molecule has 0 aromatic carbocycles. The summed E-state index contributed by atoms with van der Waals surface area (Å²) in [5.74, 6) is 7.17. The number of imidazole rings is 1. The number of aromatic nitrogens is 2. The van der Waals surface area contributed by atoms with E-state index in [1.807, 2.05) is 6.92 Å². The fraction of sp³-hybridized carbons (Fsp3) is 0.667. The average Bonchev–Trinajstić information content (AvgIpc) is 2.96. The zero-order valence-corrected chi connectivity index (χ0v) is 16.0. The molecule has 0 amide bonds. The second-order valence-electron chi connectivity index (χ2n) is 6.90. The molecule has 1 saturated heterocycles. The largest absolute Gasteiger partial charge is 0.345 e. The number of fused-ring (bicyclic) bond motifs is 1. The standard InChI is InChI=1S/C18H29N7/c1-6-7-10-25-15-13-22(4)17(23(5)14(2)3)20-16(15)21-18(25)24-11-8-19-9-12-24/h13-14,17,19H,8-12H2,1-5H3. The summed E-state index contributed by atoms with van der Waals surface area (Å²) in [5.41, 5.74) is 0.821. The Morgan fingerprint density at radius 3 is 2.72 bits per heavy atom. The van der Waals surface area contributed by atoms with Crippen molar-refractivity contribution in [1.82, 2.24) is 24.7 Å². The van der Waals surface area contributed by atoms with Crippen LogP contribution in [-0.4, -0.2) is 72.0 Å². The SMILES string of the molecule is CC#CCn1c(N2CCNCC2)nc2c1=CN(C)C(N(C)C(C)C)N=2. The molecule has 2 aliphatic heterocycles. The highest BCUT2D eigenvalue weighted by Gasteiger charge is 2.25. The van der Waals surface area contributed by atoms with Crippen LogP contribution in [0.3, 0.4) is 0 Å². The van der Waals surface area contributed by atoms with E-state index in [4.69, 9.17) is 9.98 Å². The van der Waals surface area contributed by atoms with Gasteiger partial charge in [-0.25, -0.2) is 4.99 Å². The number of hydrogen-bond acceptors (Lipinski definition) is 6. The van der Waals surface area contributed by atoms with Crippen LogP contribution in [0.15, 0.2) is 4.99 Å². The van der Waals surface area contributed by atoms with Crippen LogP contribution in [-0.2, 0) is 6.54 Å². The van der Waals surface area contributed by atoms with Gasteiger partial charge in [-0.15, -0.1) is 5.92 Å². The topological polar surface area (TPSA) is 51.9 Å². The molecule has 136 valence electrons. The Morgan fingerprint density at radius 2 is 2.08 bits per heavy atom. The number of nitrogens with one attached hydrogen (secondary N) is 1. The quantitative estimate of drug-likeness (QED) is 0.729. The molecule has 0 aliphatic carbocycles. The first-order valence-corrected chi connectivity index (χ1v) is 8.98. The molecule has 25 heavy (non-hydrogen) atoms. The van der Waals surface area contributed by atoms with Crippen molar-refractivity contribution in [2.45, 2.75) is 39.6 Å². The molecule has 2 aliphatic rings. The third-order valence-electron chi connectivity index (χ3n) is 4.89. The van der Waals surface area contributed by atoms with Gasteiger partial charge in [-0.3, -0.25) is 9.47 Å². The molecule has 1 aromatic rings. The third-order valence-corrected chi connectivity index (χ3v) is 4.89. The van der Waals surface area contributed by atoms with Crippen LogP contribution in [0.5, 0.6) is 0 Å². The maximum atomic E-state index is 4.93. The van der Waals surface area contributed by atoms with Crippen molar-refractivity contribution in [2.75, 3.05) is 45.2 Å². The first kappa shape index (κ1) is 17.8. The number of rotatable bonds is 4. The Labute approximate surface area is 150 Å². The van der Waals surface area contributed by atoms with Crippen LogP contribution < -0.4 is 21.1 Å². The molecular formula is C18H29N7. The van der Waals surface area contributed by atoms with Crippen LogP contribution in [0, 0.1) is 11.8 Å². The van der Waals surface area contributed by atoms with Gasteiger partial charge in [0.2, 0.25) is 5.95 Å². The molecule has 0 spiro atoms. The fourth-order valence-corrected chi connectivity index (χ4v) is 3.19. The first-order chi connectivity index (χ1) is 12.0. The van der Waals surface area contributed by atoms with Crippen molar-refractivity contribution < 1.29 is 0 Å². The molecule has 0 bridgehead atoms. The lowest BCUT2D eigenvalue weighted by atomic mass is 10.3. The minimum Gasteiger partial charge on any atom is -0.345 e. The molecule has 7 nitrogen and oxygen atoms in total. The second kappa shape index (κ2) is 7.46. The van der Waals surface area contributed by atoms with Crippen LogP contribution in [0.25, 0.3) is 6.20 Å². The molecule has 1 aromatic heterocycles. The highest BCUT2D eigenvalue weighted by Crippen LogP contribution is 2.12. The van der Waals surface area contributed by atoms with Crippen molar-refractivity contribution in [3.8, 4) is 11.8 Å². The zero-order valence-electron chi connectivity index (χ0n) is 16.0. The van der Waals surface area contributed by atoms with Crippen LogP contribution in [0.4, 0.5) is 5.95 Å². The number of piperazine rings is 1. The van der Waals surface area contributed by atoms with Gasteiger partial charge < -0.3 is 15.1 Å². The molecule has 1 unspecified atom stereocenters. The Bertz CT molecular complexity index is 777. The van der Waals surface area contributed by atoms with Gasteiger partial charge in [0.05, 0.1) is 6.54 Å². The molecule has 3 rings (SSSR count). The summed E-state index contributed by atoms with van der Waals surface area (Å²) < 4.78 is 2.20. The molecule has 1 atom stereocenters. The molecule has 7 heteroatoms. The van der Waals surface area contributed by atoms with E-state index in [2.05, 4.69) is 70.6 Å². The molecular weight excluding hydrogens is 314 g/mol. The lowest BCUT2D eigenvalue weighted by molar-refractivity contribution is 0.103. The van der Waals surface area contributed by atoms with E-state index in [-0.39, 0.29) is 6.29 Å². The zero-order chi connectivity index (χ0) is 18.0. The number of nitrogens with zero attached hydrogens (tertiary/aromatic N) is 6. The van der Waals surface area contributed by atoms with Gasteiger partial charge in [-0.05, 0) is 27.8 Å².